The zero-order valence-corrected chi connectivity index (χ0v) is 10.2. The zero-order valence-electron chi connectivity index (χ0n) is 10.2. The van der Waals surface area contributed by atoms with Crippen LogP contribution in [-0.2, 0) is 11.6 Å². The van der Waals surface area contributed by atoms with E-state index in [2.05, 4.69) is 0 Å². The molecule has 0 saturated heterocycles. The molecule has 100 valence electrons. The second-order valence-corrected chi connectivity index (χ2v) is 4.74. The summed E-state index contributed by atoms with van der Waals surface area (Å²) < 4.78 is 43.2. The van der Waals surface area contributed by atoms with Gasteiger partial charge in [-0.1, -0.05) is 0 Å². The van der Waals surface area contributed by atoms with E-state index in [1.807, 2.05) is 0 Å². The lowest BCUT2D eigenvalue weighted by Crippen LogP contribution is -2.24. The molecule has 1 aromatic rings. The van der Waals surface area contributed by atoms with E-state index in [1.54, 1.807) is 6.92 Å². The van der Waals surface area contributed by atoms with Gasteiger partial charge in [-0.15, -0.1) is 0 Å². The first-order valence-corrected chi connectivity index (χ1v) is 5.75. The normalized spacial score (nSPS) is 19.4. The number of halogens is 3. The Labute approximate surface area is 103 Å². The van der Waals surface area contributed by atoms with Crippen LogP contribution in [0.25, 0.3) is 0 Å². The van der Waals surface area contributed by atoms with Gasteiger partial charge in [-0.25, -0.2) is 0 Å². The van der Waals surface area contributed by atoms with Gasteiger partial charge < -0.3 is 9.84 Å². The van der Waals surface area contributed by atoms with Crippen LogP contribution in [-0.4, -0.2) is 18.3 Å². The van der Waals surface area contributed by atoms with Gasteiger partial charge in [0.25, 0.3) is 0 Å². The smallest absolute Gasteiger partial charge is 0.416 e. The molecule has 0 radical (unpaired) electrons. The van der Waals surface area contributed by atoms with Crippen LogP contribution in [0.2, 0.25) is 0 Å². The third-order valence-electron chi connectivity index (χ3n) is 3.65. The van der Waals surface area contributed by atoms with Crippen LogP contribution in [0, 0.1) is 0 Å². The molecular formula is C13H15F3O2. The summed E-state index contributed by atoms with van der Waals surface area (Å²) in [6, 6.07) is 3.42. The van der Waals surface area contributed by atoms with Crippen molar-refractivity contribution in [1.82, 2.24) is 0 Å². The number of hydrogen-bond donors (Lipinski definition) is 1. The topological polar surface area (TPSA) is 29.5 Å². The van der Waals surface area contributed by atoms with Gasteiger partial charge >= 0.3 is 6.18 Å². The Morgan fingerprint density at radius 1 is 1.33 bits per heavy atom. The summed E-state index contributed by atoms with van der Waals surface area (Å²) >= 11 is 0. The lowest BCUT2D eigenvalue weighted by molar-refractivity contribution is -0.137. The molecule has 1 N–H and O–H groups in total. The van der Waals surface area contributed by atoms with Gasteiger partial charge in [0, 0.05) is 11.0 Å². The summed E-state index contributed by atoms with van der Waals surface area (Å²) in [6.45, 7) is 1.60. The average molecular weight is 260 g/mol. The van der Waals surface area contributed by atoms with Crippen molar-refractivity contribution < 1.29 is 23.0 Å². The first-order chi connectivity index (χ1) is 8.31. The van der Waals surface area contributed by atoms with E-state index in [9.17, 15) is 18.3 Å². The van der Waals surface area contributed by atoms with Crippen molar-refractivity contribution in [2.75, 3.05) is 7.11 Å². The summed E-state index contributed by atoms with van der Waals surface area (Å²) in [5.74, 6) is 0.404. The zero-order chi connectivity index (χ0) is 13.6. The molecule has 0 aliphatic heterocycles. The maximum absolute atomic E-state index is 12.7. The quantitative estimate of drug-likeness (QED) is 0.904. The second-order valence-electron chi connectivity index (χ2n) is 4.74. The molecule has 18 heavy (non-hydrogen) atoms. The van der Waals surface area contributed by atoms with Crippen molar-refractivity contribution in [3.8, 4) is 5.75 Å². The van der Waals surface area contributed by atoms with E-state index < -0.39 is 23.3 Å². The summed E-state index contributed by atoms with van der Waals surface area (Å²) in [5, 5.41) is 9.77. The third kappa shape index (κ3) is 2.07. The first kappa shape index (κ1) is 13.2. The molecule has 0 spiro atoms. The van der Waals surface area contributed by atoms with E-state index in [0.717, 1.165) is 12.1 Å². The van der Waals surface area contributed by atoms with Gasteiger partial charge in [0.15, 0.2) is 0 Å². The van der Waals surface area contributed by atoms with Crippen molar-refractivity contribution in [2.45, 2.75) is 37.5 Å². The fourth-order valence-electron chi connectivity index (χ4n) is 2.32. The highest BCUT2D eigenvalue weighted by atomic mass is 19.4. The fraction of sp³-hybridized carbons (Fsp3) is 0.538. The lowest BCUT2D eigenvalue weighted by atomic mass is 9.89. The molecule has 0 heterocycles. The molecule has 1 aromatic carbocycles. The molecule has 1 fully saturated rings. The van der Waals surface area contributed by atoms with E-state index in [-0.39, 0.29) is 0 Å². The molecule has 0 aromatic heterocycles. The average Bonchev–Trinajstić information content (AvgIpc) is 3.08. The minimum atomic E-state index is -4.38. The number of aliphatic hydroxyl groups excluding tert-OH is 1. The van der Waals surface area contributed by atoms with Gasteiger partial charge in [0.05, 0.1) is 18.8 Å². The largest absolute Gasteiger partial charge is 0.496 e. The highest BCUT2D eigenvalue weighted by Crippen LogP contribution is 2.54. The van der Waals surface area contributed by atoms with Crippen molar-refractivity contribution in [3.63, 3.8) is 0 Å². The molecule has 1 saturated carbocycles. The number of aliphatic hydroxyl groups is 1. The first-order valence-electron chi connectivity index (χ1n) is 5.75. The predicted octanol–water partition coefficient (Wildman–Crippen LogP) is 3.13. The van der Waals surface area contributed by atoms with Gasteiger partial charge in [0.1, 0.15) is 5.75 Å². The Hall–Kier alpha value is -1.23. The molecule has 0 amide bonds. The van der Waals surface area contributed by atoms with E-state index >= 15 is 0 Å². The molecule has 1 atom stereocenters. The van der Waals surface area contributed by atoms with Crippen molar-refractivity contribution in [2.24, 2.45) is 0 Å². The maximum Gasteiger partial charge on any atom is 0.416 e. The molecule has 1 aliphatic carbocycles. The van der Waals surface area contributed by atoms with E-state index in [1.165, 1.54) is 13.2 Å². The molecule has 1 unspecified atom stereocenters. The molecule has 1 aliphatic rings. The summed E-state index contributed by atoms with van der Waals surface area (Å²) in [7, 11) is 1.42. The highest BCUT2D eigenvalue weighted by Gasteiger charge is 2.50. The Bertz CT molecular complexity index is 448. The van der Waals surface area contributed by atoms with Crippen LogP contribution in [0.1, 0.15) is 30.9 Å². The standard InChI is InChI=1S/C13H15F3O2/c1-8(17)12(5-6-12)10-7-9(13(14,15)16)3-4-11(10)18-2/h3-4,7-8,17H,5-6H2,1-2H3. The van der Waals surface area contributed by atoms with E-state index in [4.69, 9.17) is 4.74 Å². The SMILES string of the molecule is COc1ccc(C(F)(F)F)cc1C1(C(C)O)CC1. The number of alkyl halides is 3. The number of ether oxygens (including phenoxy) is 1. The number of benzene rings is 1. The Morgan fingerprint density at radius 3 is 2.33 bits per heavy atom. The number of methoxy groups -OCH3 is 1. The molecule has 0 bridgehead atoms. The predicted molar refractivity (Wildman–Crippen MR) is 60.6 cm³/mol. The third-order valence-corrected chi connectivity index (χ3v) is 3.65. The number of rotatable bonds is 3. The fourth-order valence-corrected chi connectivity index (χ4v) is 2.32. The molecule has 2 rings (SSSR count). The maximum atomic E-state index is 12.7. The Morgan fingerprint density at radius 2 is 1.94 bits per heavy atom. The van der Waals surface area contributed by atoms with Gasteiger partial charge in [0.2, 0.25) is 0 Å². The van der Waals surface area contributed by atoms with Crippen molar-refractivity contribution in [3.05, 3.63) is 29.3 Å². The molecule has 2 nitrogen and oxygen atoms in total. The lowest BCUT2D eigenvalue weighted by Gasteiger charge is -2.23. The Kier molecular flexibility index (Phi) is 3.05. The minimum absolute atomic E-state index is 0.404. The number of hydrogen-bond acceptors (Lipinski definition) is 2. The minimum Gasteiger partial charge on any atom is -0.496 e. The van der Waals surface area contributed by atoms with E-state index in [0.29, 0.717) is 24.2 Å². The summed E-state index contributed by atoms with van der Waals surface area (Å²) in [4.78, 5) is 0. The Balaban J connectivity index is 2.51. The van der Waals surface area contributed by atoms with Crippen molar-refractivity contribution >= 4 is 0 Å². The van der Waals surface area contributed by atoms with Crippen LogP contribution < -0.4 is 4.74 Å². The second kappa shape index (κ2) is 4.16. The van der Waals surface area contributed by atoms with Crippen LogP contribution >= 0.6 is 0 Å². The van der Waals surface area contributed by atoms with Crippen LogP contribution in [0.5, 0.6) is 5.75 Å². The van der Waals surface area contributed by atoms with Gasteiger partial charge in [-0.3, -0.25) is 0 Å². The van der Waals surface area contributed by atoms with Crippen LogP contribution in [0.15, 0.2) is 18.2 Å². The molecular weight excluding hydrogens is 245 g/mol. The van der Waals surface area contributed by atoms with Crippen molar-refractivity contribution in [1.29, 1.82) is 0 Å². The van der Waals surface area contributed by atoms with Gasteiger partial charge in [-0.05, 0) is 38.0 Å². The highest BCUT2D eigenvalue weighted by molar-refractivity contribution is 5.47. The van der Waals surface area contributed by atoms with Crippen LogP contribution in [0.3, 0.4) is 0 Å². The van der Waals surface area contributed by atoms with Gasteiger partial charge in [-0.2, -0.15) is 13.2 Å². The molecule has 5 heteroatoms. The monoisotopic (exact) mass is 260 g/mol. The summed E-state index contributed by atoms with van der Waals surface area (Å²) in [6.07, 6.45) is -3.70. The van der Waals surface area contributed by atoms with Crippen LogP contribution in [0.4, 0.5) is 13.2 Å². The summed E-state index contributed by atoms with van der Waals surface area (Å²) in [5.41, 5.74) is -0.827.